The first-order valence-electron chi connectivity index (χ1n) is 3.37. The quantitative estimate of drug-likeness (QED) is 0.710. The Morgan fingerprint density at radius 1 is 1.60 bits per heavy atom. The number of anilines is 1. The Hall–Kier alpha value is -0.570. The molecule has 0 aromatic carbocycles. The van der Waals surface area contributed by atoms with E-state index in [1.165, 1.54) is 5.01 Å². The van der Waals surface area contributed by atoms with Crippen LogP contribution in [0, 0.1) is 0 Å². The smallest absolute Gasteiger partial charge is 0.137 e. The highest BCUT2D eigenvalue weighted by molar-refractivity contribution is 7.10. The molecular formula is C7H12N2S. The van der Waals surface area contributed by atoms with E-state index in [4.69, 9.17) is 0 Å². The Balaban J connectivity index is 2.78. The molecule has 0 unspecified atom stereocenters. The van der Waals surface area contributed by atoms with Gasteiger partial charge in [-0.1, -0.05) is 13.8 Å². The summed E-state index contributed by atoms with van der Waals surface area (Å²) in [5.74, 6) is 1.53. The number of thiazole rings is 1. The molecule has 1 heterocycles. The van der Waals surface area contributed by atoms with Gasteiger partial charge in [0.15, 0.2) is 0 Å². The lowest BCUT2D eigenvalue weighted by atomic mass is 10.2. The molecule has 2 nitrogen and oxygen atoms in total. The molecule has 1 N–H and O–H groups in total. The van der Waals surface area contributed by atoms with E-state index in [0.29, 0.717) is 5.92 Å². The average molecular weight is 156 g/mol. The fourth-order valence-corrected chi connectivity index (χ4v) is 1.49. The van der Waals surface area contributed by atoms with E-state index in [9.17, 15) is 0 Å². The molecule has 1 aromatic rings. The molecule has 0 amide bonds. The Kier molecular flexibility index (Phi) is 2.27. The fraction of sp³-hybridized carbons (Fsp3) is 0.571. The van der Waals surface area contributed by atoms with Gasteiger partial charge >= 0.3 is 0 Å². The molecule has 0 aliphatic heterocycles. The lowest BCUT2D eigenvalue weighted by Gasteiger charge is -1.95. The van der Waals surface area contributed by atoms with Crippen molar-refractivity contribution in [2.45, 2.75) is 19.8 Å². The van der Waals surface area contributed by atoms with Crippen LogP contribution in [0.4, 0.5) is 5.82 Å². The third-order valence-electron chi connectivity index (χ3n) is 1.27. The molecule has 0 aliphatic carbocycles. The monoisotopic (exact) mass is 156 g/mol. The number of rotatable bonds is 2. The van der Waals surface area contributed by atoms with Crippen molar-refractivity contribution in [3.63, 3.8) is 0 Å². The third-order valence-corrected chi connectivity index (χ3v) is 2.42. The highest BCUT2D eigenvalue weighted by atomic mass is 32.1. The molecule has 1 aromatic heterocycles. The predicted molar refractivity (Wildman–Crippen MR) is 45.7 cm³/mol. The molecule has 1 rings (SSSR count). The van der Waals surface area contributed by atoms with Crippen molar-refractivity contribution in [2.24, 2.45) is 0 Å². The van der Waals surface area contributed by atoms with Gasteiger partial charge in [0.2, 0.25) is 0 Å². The Labute approximate surface area is 65.3 Å². The van der Waals surface area contributed by atoms with E-state index in [1.54, 1.807) is 11.3 Å². The van der Waals surface area contributed by atoms with Gasteiger partial charge in [-0.25, -0.2) is 4.98 Å². The van der Waals surface area contributed by atoms with Gasteiger partial charge in [0, 0.05) is 18.3 Å². The number of hydrogen-bond donors (Lipinski definition) is 1. The van der Waals surface area contributed by atoms with Crippen LogP contribution in [0.3, 0.4) is 0 Å². The summed E-state index contributed by atoms with van der Waals surface area (Å²) in [6.07, 6.45) is 0. The minimum Gasteiger partial charge on any atom is -0.372 e. The molecule has 0 radical (unpaired) electrons. The summed E-state index contributed by atoms with van der Waals surface area (Å²) >= 11 is 1.71. The first kappa shape index (κ1) is 7.54. The van der Waals surface area contributed by atoms with Crippen molar-refractivity contribution in [2.75, 3.05) is 12.4 Å². The molecule has 0 fully saturated rings. The first-order chi connectivity index (χ1) is 4.74. The zero-order valence-electron chi connectivity index (χ0n) is 6.51. The van der Waals surface area contributed by atoms with Crippen LogP contribution in [0.1, 0.15) is 24.8 Å². The molecule has 0 saturated carbocycles. The Bertz CT molecular complexity index is 205. The van der Waals surface area contributed by atoms with E-state index >= 15 is 0 Å². The topological polar surface area (TPSA) is 24.9 Å². The lowest BCUT2D eigenvalue weighted by molar-refractivity contribution is 0.853. The van der Waals surface area contributed by atoms with Crippen LogP contribution in [-0.4, -0.2) is 12.0 Å². The van der Waals surface area contributed by atoms with Crippen molar-refractivity contribution < 1.29 is 0 Å². The van der Waals surface area contributed by atoms with E-state index in [-0.39, 0.29) is 0 Å². The molecule has 0 bridgehead atoms. The summed E-state index contributed by atoms with van der Waals surface area (Å²) in [5, 5.41) is 6.24. The highest BCUT2D eigenvalue weighted by Crippen LogP contribution is 2.21. The number of hydrogen-bond acceptors (Lipinski definition) is 3. The van der Waals surface area contributed by atoms with Gasteiger partial charge in [0.1, 0.15) is 5.82 Å². The van der Waals surface area contributed by atoms with E-state index in [1.807, 2.05) is 12.4 Å². The molecule has 0 aliphatic rings. The predicted octanol–water partition coefficient (Wildman–Crippen LogP) is 2.31. The van der Waals surface area contributed by atoms with Crippen molar-refractivity contribution in [3.8, 4) is 0 Å². The van der Waals surface area contributed by atoms with Crippen molar-refractivity contribution in [1.29, 1.82) is 0 Å². The molecule has 0 saturated heterocycles. The van der Waals surface area contributed by atoms with Crippen molar-refractivity contribution in [3.05, 3.63) is 10.4 Å². The molecule has 3 heteroatoms. The molecular weight excluding hydrogens is 144 g/mol. The second-order valence-corrected chi connectivity index (χ2v) is 3.37. The zero-order chi connectivity index (χ0) is 7.56. The Morgan fingerprint density at radius 2 is 2.30 bits per heavy atom. The van der Waals surface area contributed by atoms with Crippen LogP contribution in [0.2, 0.25) is 0 Å². The van der Waals surface area contributed by atoms with Gasteiger partial charge in [0.05, 0.1) is 5.01 Å². The maximum atomic E-state index is 4.34. The van der Waals surface area contributed by atoms with Crippen molar-refractivity contribution >= 4 is 17.2 Å². The summed E-state index contributed by atoms with van der Waals surface area (Å²) in [4.78, 5) is 4.34. The maximum Gasteiger partial charge on any atom is 0.137 e. The van der Waals surface area contributed by atoms with Crippen molar-refractivity contribution in [1.82, 2.24) is 4.98 Å². The summed E-state index contributed by atoms with van der Waals surface area (Å²) in [6.45, 7) is 4.30. The minimum atomic E-state index is 0.548. The van der Waals surface area contributed by atoms with Crippen LogP contribution < -0.4 is 5.32 Å². The van der Waals surface area contributed by atoms with Crippen LogP contribution in [0.15, 0.2) is 5.38 Å². The molecule has 0 spiro atoms. The minimum absolute atomic E-state index is 0.548. The maximum absolute atomic E-state index is 4.34. The summed E-state index contributed by atoms with van der Waals surface area (Å²) in [5.41, 5.74) is 0. The number of aromatic nitrogens is 1. The van der Waals surface area contributed by atoms with Crippen LogP contribution in [0.5, 0.6) is 0 Å². The largest absolute Gasteiger partial charge is 0.372 e. The van der Waals surface area contributed by atoms with Crippen LogP contribution in [-0.2, 0) is 0 Å². The zero-order valence-corrected chi connectivity index (χ0v) is 7.33. The Morgan fingerprint density at radius 3 is 2.60 bits per heavy atom. The normalized spacial score (nSPS) is 10.4. The van der Waals surface area contributed by atoms with Gasteiger partial charge < -0.3 is 5.32 Å². The first-order valence-corrected chi connectivity index (χ1v) is 4.25. The van der Waals surface area contributed by atoms with E-state index in [0.717, 1.165) is 5.82 Å². The molecule has 0 atom stereocenters. The average Bonchev–Trinajstić information content (AvgIpc) is 2.34. The van der Waals surface area contributed by atoms with Gasteiger partial charge in [-0.15, -0.1) is 11.3 Å². The van der Waals surface area contributed by atoms with E-state index in [2.05, 4.69) is 24.1 Å². The second-order valence-electron chi connectivity index (χ2n) is 2.48. The van der Waals surface area contributed by atoms with E-state index < -0.39 is 0 Å². The second kappa shape index (κ2) is 3.01. The fourth-order valence-electron chi connectivity index (χ4n) is 0.668. The molecule has 10 heavy (non-hydrogen) atoms. The van der Waals surface area contributed by atoms with Gasteiger partial charge in [-0.2, -0.15) is 0 Å². The van der Waals surface area contributed by atoms with Crippen LogP contribution in [0.25, 0.3) is 0 Å². The third kappa shape index (κ3) is 1.48. The summed E-state index contributed by atoms with van der Waals surface area (Å²) in [6, 6.07) is 0. The summed E-state index contributed by atoms with van der Waals surface area (Å²) in [7, 11) is 1.89. The SMILES string of the molecule is CNc1csc(C(C)C)n1. The number of nitrogens with zero attached hydrogens (tertiary/aromatic N) is 1. The number of nitrogens with one attached hydrogen (secondary N) is 1. The highest BCUT2D eigenvalue weighted by Gasteiger charge is 2.03. The van der Waals surface area contributed by atoms with Gasteiger partial charge in [0.25, 0.3) is 0 Å². The molecule has 56 valence electrons. The van der Waals surface area contributed by atoms with Gasteiger partial charge in [-0.3, -0.25) is 0 Å². The van der Waals surface area contributed by atoms with Crippen LogP contribution >= 0.6 is 11.3 Å². The standard InChI is InChI=1S/C7H12N2S/c1-5(2)7-9-6(8-3)4-10-7/h4-5,8H,1-3H3. The lowest BCUT2D eigenvalue weighted by Crippen LogP contribution is -1.89. The summed E-state index contributed by atoms with van der Waals surface area (Å²) < 4.78 is 0. The van der Waals surface area contributed by atoms with Gasteiger partial charge in [-0.05, 0) is 0 Å².